The molecular weight excluding hydrogens is 477 g/mol. The van der Waals surface area contributed by atoms with E-state index in [1.807, 2.05) is 19.1 Å². The Hall–Kier alpha value is -3.35. The number of nitrogens with zero attached hydrogens (tertiary/aromatic N) is 1. The molecule has 2 aliphatic heterocycles. The molecule has 9 heteroatoms. The van der Waals surface area contributed by atoms with E-state index in [4.69, 9.17) is 4.74 Å². The van der Waals surface area contributed by atoms with Gasteiger partial charge >= 0.3 is 0 Å². The summed E-state index contributed by atoms with van der Waals surface area (Å²) in [5.41, 5.74) is 3.39. The number of hydrogen-bond acceptors (Lipinski definition) is 5. The van der Waals surface area contributed by atoms with Gasteiger partial charge in [-0.15, -0.1) is 0 Å². The number of benzene rings is 2. The zero-order chi connectivity index (χ0) is 25.6. The normalized spacial score (nSPS) is 23.3. The van der Waals surface area contributed by atoms with Crippen LogP contribution >= 0.6 is 8.86 Å². The molecule has 2 aromatic rings. The van der Waals surface area contributed by atoms with Crippen molar-refractivity contribution in [2.24, 2.45) is 0 Å². The molecule has 5 rings (SSSR count). The van der Waals surface area contributed by atoms with Crippen molar-refractivity contribution in [1.82, 2.24) is 15.5 Å². The van der Waals surface area contributed by atoms with Crippen LogP contribution in [0.15, 0.2) is 42.5 Å². The molecule has 2 aromatic carbocycles. The number of amides is 3. The summed E-state index contributed by atoms with van der Waals surface area (Å²) in [5.74, 6) is -1.07. The molecule has 2 saturated heterocycles. The minimum Gasteiger partial charge on any atom is -0.349 e. The zero-order valence-corrected chi connectivity index (χ0v) is 21.2. The average molecular weight is 506 g/mol. The van der Waals surface area contributed by atoms with Crippen molar-refractivity contribution >= 4 is 37.8 Å². The van der Waals surface area contributed by atoms with Gasteiger partial charge in [-0.1, -0.05) is 45.3 Å². The maximum absolute atomic E-state index is 13.3. The van der Waals surface area contributed by atoms with Crippen LogP contribution in [0, 0.1) is 0 Å². The summed E-state index contributed by atoms with van der Waals surface area (Å²) in [7, 11) is 3.39. The summed E-state index contributed by atoms with van der Waals surface area (Å²) in [5, 5.41) is 5.79. The third kappa shape index (κ3) is 4.25. The van der Waals surface area contributed by atoms with E-state index in [0.29, 0.717) is 59.1 Å². The highest BCUT2D eigenvalue weighted by Gasteiger charge is 2.39. The molecule has 0 spiro atoms. The first-order valence-electron chi connectivity index (χ1n) is 12.2. The highest BCUT2D eigenvalue weighted by molar-refractivity contribution is 7.20. The molecule has 0 bridgehead atoms. The Morgan fingerprint density at radius 1 is 1.08 bits per heavy atom. The number of carbonyl (C=O) groups is 4. The monoisotopic (exact) mass is 505 g/mol. The van der Waals surface area contributed by atoms with Crippen molar-refractivity contribution in [1.29, 1.82) is 0 Å². The molecular formula is C27H28N3O5P. The number of ketones is 1. The second-order valence-electron chi connectivity index (χ2n) is 9.55. The van der Waals surface area contributed by atoms with Crippen LogP contribution in [-0.2, 0) is 14.3 Å². The standard InChI is InChI=1S/C27H28N3O5P/c1-14(27(34)30-12-6-11-21(30)26(33)29-20-13-22(36)35-15(20)2)28-25(32)19-10-5-9-18-23(19)16-7-3-4-8-17(16)24(18)31/h3-5,7-10,14-15,20-21,36H,6,11-13H2,1-2H3,(H,28,32)(H,29,33). The lowest BCUT2D eigenvalue weighted by atomic mass is 9.98. The summed E-state index contributed by atoms with van der Waals surface area (Å²) < 4.78 is 5.56. The van der Waals surface area contributed by atoms with Crippen LogP contribution in [0.2, 0.25) is 0 Å². The van der Waals surface area contributed by atoms with Gasteiger partial charge in [0.2, 0.25) is 11.8 Å². The Labute approximate surface area is 211 Å². The van der Waals surface area contributed by atoms with Gasteiger partial charge in [-0.2, -0.15) is 0 Å². The van der Waals surface area contributed by atoms with E-state index in [9.17, 15) is 19.2 Å². The van der Waals surface area contributed by atoms with Crippen molar-refractivity contribution in [2.45, 2.75) is 57.3 Å². The highest BCUT2D eigenvalue weighted by atomic mass is 31.0. The summed E-state index contributed by atoms with van der Waals surface area (Å²) in [6.45, 7) is 3.96. The van der Waals surface area contributed by atoms with E-state index in [1.165, 1.54) is 0 Å². The second kappa shape index (κ2) is 9.60. The van der Waals surface area contributed by atoms with Gasteiger partial charge in [-0.25, -0.2) is 0 Å². The molecule has 4 atom stereocenters. The number of nitrogens with one attached hydrogen (secondary N) is 2. The fraction of sp³-hybridized carbons (Fsp3) is 0.370. The number of fused-ring (bicyclic) bond motifs is 3. The van der Waals surface area contributed by atoms with Gasteiger partial charge in [0.05, 0.1) is 17.6 Å². The molecule has 0 radical (unpaired) electrons. The summed E-state index contributed by atoms with van der Waals surface area (Å²) in [6.07, 6.45) is 1.69. The molecule has 2 fully saturated rings. The fourth-order valence-electron chi connectivity index (χ4n) is 5.32. The minimum atomic E-state index is -0.843. The number of carbonyl (C=O) groups excluding carboxylic acids is 4. The molecule has 0 saturated carbocycles. The second-order valence-corrected chi connectivity index (χ2v) is 10.1. The van der Waals surface area contributed by atoms with E-state index in [2.05, 4.69) is 19.5 Å². The Balaban J connectivity index is 1.29. The lowest BCUT2D eigenvalue weighted by Crippen LogP contribution is -2.54. The zero-order valence-electron chi connectivity index (χ0n) is 20.2. The van der Waals surface area contributed by atoms with Gasteiger partial charge in [0.25, 0.3) is 5.91 Å². The van der Waals surface area contributed by atoms with Gasteiger partial charge in [0, 0.05) is 35.2 Å². The first-order valence-corrected chi connectivity index (χ1v) is 12.7. The topological polar surface area (TPSA) is 105 Å². The molecule has 8 nitrogen and oxygen atoms in total. The summed E-state index contributed by atoms with van der Waals surface area (Å²) in [6, 6.07) is 10.6. The maximum atomic E-state index is 13.3. The van der Waals surface area contributed by atoms with Crippen LogP contribution in [0.25, 0.3) is 11.1 Å². The molecule has 36 heavy (non-hydrogen) atoms. The predicted molar refractivity (Wildman–Crippen MR) is 137 cm³/mol. The third-order valence-corrected chi connectivity index (χ3v) is 7.50. The Morgan fingerprint density at radius 3 is 2.53 bits per heavy atom. The molecule has 2 N–H and O–H groups in total. The minimum absolute atomic E-state index is 0.114. The number of likely N-dealkylation sites (tertiary alicyclic amines) is 1. The van der Waals surface area contributed by atoms with Gasteiger partial charge in [-0.05, 0) is 38.3 Å². The SMILES string of the molecule is CC(NC(=O)c1cccc2c1-c1ccccc1C2=O)C(=O)N1CCCC1C(=O)NC1CC(=P)OC1C. The summed E-state index contributed by atoms with van der Waals surface area (Å²) >= 11 is 0. The molecule has 4 unspecified atom stereocenters. The van der Waals surface area contributed by atoms with E-state index in [-0.39, 0.29) is 29.7 Å². The molecule has 2 heterocycles. The quantitative estimate of drug-likeness (QED) is 0.519. The van der Waals surface area contributed by atoms with Crippen LogP contribution in [0.3, 0.4) is 0 Å². The van der Waals surface area contributed by atoms with Gasteiger partial charge in [0.1, 0.15) is 12.1 Å². The summed E-state index contributed by atoms with van der Waals surface area (Å²) in [4.78, 5) is 53.9. The third-order valence-electron chi connectivity index (χ3n) is 7.18. The molecule has 1 aliphatic carbocycles. The lowest BCUT2D eigenvalue weighted by Gasteiger charge is -2.28. The van der Waals surface area contributed by atoms with Crippen molar-refractivity contribution in [3.8, 4) is 11.1 Å². The van der Waals surface area contributed by atoms with Crippen LogP contribution in [0.1, 0.15) is 59.4 Å². The number of ether oxygens (including phenoxy) is 1. The Kier molecular flexibility index (Phi) is 6.49. The van der Waals surface area contributed by atoms with Crippen LogP contribution in [0.5, 0.6) is 0 Å². The van der Waals surface area contributed by atoms with E-state index >= 15 is 0 Å². The van der Waals surface area contributed by atoms with Gasteiger partial charge < -0.3 is 20.3 Å². The van der Waals surface area contributed by atoms with E-state index in [1.54, 1.807) is 42.2 Å². The van der Waals surface area contributed by atoms with E-state index < -0.39 is 18.0 Å². The highest BCUT2D eigenvalue weighted by Crippen LogP contribution is 2.38. The smallest absolute Gasteiger partial charge is 0.252 e. The first-order chi connectivity index (χ1) is 17.3. The number of hydrogen-bond donors (Lipinski definition) is 2. The van der Waals surface area contributed by atoms with Crippen LogP contribution in [-0.4, -0.2) is 64.7 Å². The molecule has 0 aromatic heterocycles. The predicted octanol–water partition coefficient (Wildman–Crippen LogP) is 2.57. The van der Waals surface area contributed by atoms with Gasteiger partial charge in [-0.3, -0.25) is 19.2 Å². The van der Waals surface area contributed by atoms with Gasteiger partial charge in [0.15, 0.2) is 5.78 Å². The van der Waals surface area contributed by atoms with Crippen molar-refractivity contribution in [3.05, 3.63) is 59.2 Å². The molecule has 186 valence electrons. The Bertz CT molecular complexity index is 1290. The fourth-order valence-corrected chi connectivity index (χ4v) is 5.73. The number of rotatable bonds is 5. The molecule has 3 amide bonds. The Morgan fingerprint density at radius 2 is 1.81 bits per heavy atom. The van der Waals surface area contributed by atoms with Crippen molar-refractivity contribution < 1.29 is 23.9 Å². The molecule has 3 aliphatic rings. The lowest BCUT2D eigenvalue weighted by molar-refractivity contribution is -0.139. The largest absolute Gasteiger partial charge is 0.349 e. The van der Waals surface area contributed by atoms with Crippen LogP contribution < -0.4 is 10.6 Å². The maximum Gasteiger partial charge on any atom is 0.252 e. The first kappa shape index (κ1) is 24.3. The average Bonchev–Trinajstić information content (AvgIpc) is 3.55. The van der Waals surface area contributed by atoms with Crippen molar-refractivity contribution in [2.75, 3.05) is 6.54 Å². The van der Waals surface area contributed by atoms with Crippen LogP contribution in [0.4, 0.5) is 0 Å². The van der Waals surface area contributed by atoms with E-state index in [0.717, 1.165) is 0 Å². The van der Waals surface area contributed by atoms with Crippen molar-refractivity contribution in [3.63, 3.8) is 0 Å².